The maximum Gasteiger partial charge on any atom is 0.247 e. The third-order valence-corrected chi connectivity index (χ3v) is 7.69. The number of piperidine rings is 1. The summed E-state index contributed by atoms with van der Waals surface area (Å²) in [6, 6.07) is 9.18. The molecule has 0 radical (unpaired) electrons. The van der Waals surface area contributed by atoms with Crippen molar-refractivity contribution in [3.8, 4) is 28.7 Å². The van der Waals surface area contributed by atoms with E-state index in [0.717, 1.165) is 36.8 Å². The predicted molar refractivity (Wildman–Crippen MR) is 134 cm³/mol. The zero-order chi connectivity index (χ0) is 25.3. The number of benzene rings is 2. The first kappa shape index (κ1) is 24.3. The largest absolute Gasteiger partial charge is 0.493 e. The fourth-order valence-corrected chi connectivity index (χ4v) is 5.90. The Labute approximate surface area is 211 Å². The van der Waals surface area contributed by atoms with Crippen LogP contribution in [-0.2, 0) is 4.79 Å². The van der Waals surface area contributed by atoms with Crippen molar-refractivity contribution < 1.29 is 33.6 Å². The van der Waals surface area contributed by atoms with Crippen molar-refractivity contribution in [1.82, 2.24) is 4.90 Å². The zero-order valence-electron chi connectivity index (χ0n) is 21.0. The van der Waals surface area contributed by atoms with Crippen LogP contribution in [0.3, 0.4) is 0 Å². The maximum atomic E-state index is 13.6. The molecule has 2 fully saturated rings. The number of hydrogen-bond donors (Lipinski definition) is 1. The Morgan fingerprint density at radius 1 is 1.03 bits per heavy atom. The first-order valence-electron chi connectivity index (χ1n) is 12.4. The van der Waals surface area contributed by atoms with E-state index in [4.69, 9.17) is 23.7 Å². The van der Waals surface area contributed by atoms with Crippen molar-refractivity contribution in [2.45, 2.75) is 43.7 Å². The zero-order valence-corrected chi connectivity index (χ0v) is 21.0. The van der Waals surface area contributed by atoms with E-state index in [1.807, 2.05) is 23.1 Å². The van der Waals surface area contributed by atoms with Gasteiger partial charge >= 0.3 is 0 Å². The van der Waals surface area contributed by atoms with Gasteiger partial charge in [-0.25, -0.2) is 0 Å². The van der Waals surface area contributed by atoms with Gasteiger partial charge in [-0.3, -0.25) is 4.79 Å². The van der Waals surface area contributed by atoms with Crippen molar-refractivity contribution in [2.75, 3.05) is 34.7 Å². The van der Waals surface area contributed by atoms with Crippen molar-refractivity contribution in [3.63, 3.8) is 0 Å². The molecule has 8 nitrogen and oxygen atoms in total. The van der Waals surface area contributed by atoms with Crippen LogP contribution in [0.25, 0.3) is 6.08 Å². The lowest BCUT2D eigenvalue weighted by molar-refractivity contribution is -0.150. The minimum Gasteiger partial charge on any atom is -0.493 e. The molecule has 3 aliphatic rings. The van der Waals surface area contributed by atoms with Crippen LogP contribution in [0.2, 0.25) is 0 Å². The van der Waals surface area contributed by atoms with Gasteiger partial charge in [0.05, 0.1) is 33.0 Å². The van der Waals surface area contributed by atoms with Crippen molar-refractivity contribution in [2.24, 2.45) is 5.92 Å². The lowest BCUT2D eigenvalue weighted by Gasteiger charge is -2.52. The highest BCUT2D eigenvalue weighted by Crippen LogP contribution is 2.50. The van der Waals surface area contributed by atoms with Gasteiger partial charge in [-0.05, 0) is 60.7 Å². The summed E-state index contributed by atoms with van der Waals surface area (Å²) < 4.78 is 27.4. The molecule has 1 amide bonds. The number of hydrogen-bond acceptors (Lipinski definition) is 7. The summed E-state index contributed by atoms with van der Waals surface area (Å²) in [7, 11) is 4.67. The topological polar surface area (TPSA) is 86.7 Å². The van der Waals surface area contributed by atoms with Gasteiger partial charge in [0.15, 0.2) is 23.0 Å². The van der Waals surface area contributed by atoms with Gasteiger partial charge in [0.1, 0.15) is 0 Å². The fraction of sp³-hybridized carbons (Fsp3) is 0.464. The molecule has 192 valence electrons. The molecule has 5 rings (SSSR count). The highest BCUT2D eigenvalue weighted by molar-refractivity contribution is 5.92. The second kappa shape index (κ2) is 9.93. The fourth-order valence-electron chi connectivity index (χ4n) is 5.90. The second-order valence-electron chi connectivity index (χ2n) is 9.59. The molecule has 1 aliphatic carbocycles. The summed E-state index contributed by atoms with van der Waals surface area (Å²) in [5, 5.41) is 11.5. The van der Waals surface area contributed by atoms with E-state index < -0.39 is 5.60 Å². The highest BCUT2D eigenvalue weighted by atomic mass is 16.7. The molecular formula is C28H33NO7. The molecule has 3 atom stereocenters. The van der Waals surface area contributed by atoms with Gasteiger partial charge < -0.3 is 33.7 Å². The highest BCUT2D eigenvalue weighted by Gasteiger charge is 2.50. The molecule has 0 bridgehead atoms. The molecule has 1 saturated carbocycles. The molecule has 0 spiro atoms. The molecule has 36 heavy (non-hydrogen) atoms. The second-order valence-corrected chi connectivity index (χ2v) is 9.59. The summed E-state index contributed by atoms with van der Waals surface area (Å²) in [5.74, 6) is 2.77. The molecule has 8 heteroatoms. The van der Waals surface area contributed by atoms with Crippen LogP contribution in [0.5, 0.6) is 28.7 Å². The standard InChI is InChI=1S/C28H33NO7/c1-32-23-14-18(15-24(33-2)27(23)34-3)7-10-25(30)29-13-12-28(31)11-5-4-6-20(28)26(29)19-8-9-21-22(16-19)36-17-35-21/h7-10,14-16,20,26,31H,4-6,11-13,17H2,1-3H3/t20-,26-,28+/m0/s1. The summed E-state index contributed by atoms with van der Waals surface area (Å²) in [5.41, 5.74) is 0.943. The van der Waals surface area contributed by atoms with Crippen molar-refractivity contribution >= 4 is 12.0 Å². The number of nitrogens with zero attached hydrogens (tertiary/aromatic N) is 1. The van der Waals surface area contributed by atoms with Crippen LogP contribution >= 0.6 is 0 Å². The Bertz CT molecular complexity index is 1140. The van der Waals surface area contributed by atoms with Gasteiger partial charge in [0.25, 0.3) is 0 Å². The molecule has 0 aromatic heterocycles. The lowest BCUT2D eigenvalue weighted by Crippen LogP contribution is -2.56. The monoisotopic (exact) mass is 495 g/mol. The first-order chi connectivity index (χ1) is 17.5. The third-order valence-electron chi connectivity index (χ3n) is 7.69. The maximum absolute atomic E-state index is 13.6. The number of fused-ring (bicyclic) bond motifs is 2. The average molecular weight is 496 g/mol. The molecule has 1 saturated heterocycles. The van der Waals surface area contributed by atoms with Gasteiger partial charge in [-0.2, -0.15) is 0 Å². The summed E-state index contributed by atoms with van der Waals surface area (Å²) in [6.07, 6.45) is 7.59. The SMILES string of the molecule is COc1cc(C=CC(=O)N2CC[C@]3(O)CCCC[C@H]3[C@@H]2c2ccc3c(c2)OCO3)cc(OC)c1OC. The number of aliphatic hydroxyl groups is 1. The number of methoxy groups -OCH3 is 3. The normalized spacial score (nSPS) is 24.9. The van der Waals surface area contributed by atoms with Gasteiger partial charge in [-0.15, -0.1) is 0 Å². The average Bonchev–Trinajstić information content (AvgIpc) is 3.38. The minimum absolute atomic E-state index is 0.0427. The number of carbonyl (C=O) groups excluding carboxylic acids is 1. The van der Waals surface area contributed by atoms with E-state index in [1.165, 1.54) is 0 Å². The van der Waals surface area contributed by atoms with Gasteiger partial charge in [-0.1, -0.05) is 18.9 Å². The van der Waals surface area contributed by atoms with Crippen LogP contribution in [0.4, 0.5) is 0 Å². The summed E-state index contributed by atoms with van der Waals surface area (Å²) >= 11 is 0. The third kappa shape index (κ3) is 4.34. The van der Waals surface area contributed by atoms with Crippen molar-refractivity contribution in [1.29, 1.82) is 0 Å². The Morgan fingerprint density at radius 3 is 2.50 bits per heavy atom. The molecular weight excluding hydrogens is 462 g/mol. The molecule has 2 aromatic rings. The van der Waals surface area contributed by atoms with E-state index in [-0.39, 0.29) is 24.7 Å². The lowest BCUT2D eigenvalue weighted by atomic mass is 9.66. The number of likely N-dealkylation sites (tertiary alicyclic amines) is 1. The quantitative estimate of drug-likeness (QED) is 0.597. The summed E-state index contributed by atoms with van der Waals surface area (Å²) in [6.45, 7) is 0.668. The minimum atomic E-state index is -0.767. The van der Waals surface area contributed by atoms with E-state index in [1.54, 1.807) is 45.6 Å². The van der Waals surface area contributed by atoms with Crippen LogP contribution < -0.4 is 23.7 Å². The van der Waals surface area contributed by atoms with E-state index in [9.17, 15) is 9.90 Å². The number of carbonyl (C=O) groups is 1. The van der Waals surface area contributed by atoms with Crippen LogP contribution in [0.1, 0.15) is 49.3 Å². The number of rotatable bonds is 6. The molecule has 2 aromatic carbocycles. The van der Waals surface area contributed by atoms with Gasteiger partial charge in [0, 0.05) is 18.5 Å². The summed E-state index contributed by atoms with van der Waals surface area (Å²) in [4.78, 5) is 15.5. The van der Waals surface area contributed by atoms with Crippen LogP contribution in [0.15, 0.2) is 36.4 Å². The number of amides is 1. The smallest absolute Gasteiger partial charge is 0.247 e. The van der Waals surface area contributed by atoms with Crippen molar-refractivity contribution in [3.05, 3.63) is 47.5 Å². The molecule has 2 aliphatic heterocycles. The Morgan fingerprint density at radius 2 is 1.78 bits per heavy atom. The Balaban J connectivity index is 1.47. The van der Waals surface area contributed by atoms with Crippen LogP contribution in [0, 0.1) is 5.92 Å². The van der Waals surface area contributed by atoms with E-state index >= 15 is 0 Å². The Hall–Kier alpha value is -3.39. The Kier molecular flexibility index (Phi) is 6.71. The molecule has 2 heterocycles. The van der Waals surface area contributed by atoms with Crippen LogP contribution in [-0.4, -0.2) is 56.2 Å². The molecule has 1 N–H and O–H groups in total. The van der Waals surface area contributed by atoms with E-state index in [0.29, 0.717) is 41.7 Å². The first-order valence-corrected chi connectivity index (χ1v) is 12.4. The van der Waals surface area contributed by atoms with E-state index in [2.05, 4.69) is 0 Å². The van der Waals surface area contributed by atoms with Gasteiger partial charge in [0.2, 0.25) is 18.4 Å². The molecule has 0 unspecified atom stereocenters. The number of ether oxygens (including phenoxy) is 5. The predicted octanol–water partition coefficient (Wildman–Crippen LogP) is 4.35.